The number of amides is 2. The van der Waals surface area contributed by atoms with Crippen molar-refractivity contribution in [3.63, 3.8) is 0 Å². The van der Waals surface area contributed by atoms with Gasteiger partial charge in [0.2, 0.25) is 5.13 Å². The Morgan fingerprint density at radius 2 is 1.70 bits per heavy atom. The van der Waals surface area contributed by atoms with Gasteiger partial charge in [-0.05, 0) is 36.4 Å². The molecule has 8 heteroatoms. The highest BCUT2D eigenvalue weighted by molar-refractivity contribution is 7.09. The van der Waals surface area contributed by atoms with Gasteiger partial charge in [0.05, 0.1) is 0 Å². The molecule has 1 aliphatic rings. The van der Waals surface area contributed by atoms with Crippen molar-refractivity contribution in [3.8, 4) is 11.4 Å². The molecule has 27 heavy (non-hydrogen) atoms. The van der Waals surface area contributed by atoms with Gasteiger partial charge in [-0.1, -0.05) is 18.2 Å². The second-order valence-corrected chi connectivity index (χ2v) is 6.91. The molecule has 1 aliphatic heterocycles. The number of nitrogens with zero attached hydrogens (tertiary/aromatic N) is 4. The zero-order valence-electron chi connectivity index (χ0n) is 14.5. The molecule has 2 heterocycles. The van der Waals surface area contributed by atoms with Gasteiger partial charge in [0, 0.05) is 49.0 Å². The van der Waals surface area contributed by atoms with E-state index in [0.29, 0.717) is 32.0 Å². The maximum Gasteiger partial charge on any atom is 0.321 e. The Hall–Kier alpha value is -3.00. The standard InChI is InChI=1S/C19H18FN5OS/c20-15-8-6-14(7-9-15)17-22-19(27-23-17)25-12-10-24(11-13-25)18(26)21-16-4-2-1-3-5-16/h1-9H,10-13H2,(H,21,26). The van der Waals surface area contributed by atoms with Crippen LogP contribution in [0.5, 0.6) is 0 Å². The zero-order chi connectivity index (χ0) is 18.6. The van der Waals surface area contributed by atoms with Crippen LogP contribution in [0.25, 0.3) is 11.4 Å². The zero-order valence-corrected chi connectivity index (χ0v) is 15.3. The number of halogens is 1. The molecule has 0 radical (unpaired) electrons. The van der Waals surface area contributed by atoms with E-state index in [0.717, 1.165) is 16.4 Å². The van der Waals surface area contributed by atoms with Gasteiger partial charge in [0.15, 0.2) is 5.82 Å². The number of carbonyl (C=O) groups is 1. The molecule has 0 unspecified atom stereocenters. The first kappa shape index (κ1) is 17.4. The summed E-state index contributed by atoms with van der Waals surface area (Å²) >= 11 is 1.32. The molecule has 3 aromatic rings. The number of benzene rings is 2. The molecule has 0 bridgehead atoms. The fraction of sp³-hybridized carbons (Fsp3) is 0.211. The molecule has 1 fully saturated rings. The predicted octanol–water partition coefficient (Wildman–Crippen LogP) is 3.70. The molecule has 0 spiro atoms. The van der Waals surface area contributed by atoms with Crippen LogP contribution in [0.4, 0.5) is 20.0 Å². The van der Waals surface area contributed by atoms with Crippen LogP contribution >= 0.6 is 11.5 Å². The van der Waals surface area contributed by atoms with Crippen LogP contribution < -0.4 is 10.2 Å². The molecular weight excluding hydrogens is 365 g/mol. The van der Waals surface area contributed by atoms with Crippen LogP contribution in [0.15, 0.2) is 54.6 Å². The molecule has 0 saturated carbocycles. The van der Waals surface area contributed by atoms with Gasteiger partial charge in [-0.25, -0.2) is 9.18 Å². The molecule has 1 aromatic heterocycles. The predicted molar refractivity (Wildman–Crippen MR) is 105 cm³/mol. The Labute approximate surface area is 160 Å². The lowest BCUT2D eigenvalue weighted by atomic mass is 10.2. The number of anilines is 2. The smallest absolute Gasteiger partial charge is 0.321 e. The highest BCUT2D eigenvalue weighted by atomic mass is 32.1. The molecule has 0 aliphatic carbocycles. The third kappa shape index (κ3) is 4.06. The topological polar surface area (TPSA) is 61.4 Å². The SMILES string of the molecule is O=C(Nc1ccccc1)N1CCN(c2nc(-c3ccc(F)cc3)ns2)CC1. The molecule has 2 aromatic carbocycles. The van der Waals surface area contributed by atoms with Gasteiger partial charge in [0.1, 0.15) is 5.82 Å². The number of nitrogens with one attached hydrogen (secondary N) is 1. The second-order valence-electron chi connectivity index (χ2n) is 6.18. The molecule has 1 N–H and O–H groups in total. The van der Waals surface area contributed by atoms with E-state index < -0.39 is 0 Å². The van der Waals surface area contributed by atoms with Gasteiger partial charge >= 0.3 is 6.03 Å². The van der Waals surface area contributed by atoms with E-state index in [2.05, 4.69) is 19.6 Å². The van der Waals surface area contributed by atoms with Gasteiger partial charge in [-0.15, -0.1) is 0 Å². The van der Waals surface area contributed by atoms with Crippen LogP contribution in [0.1, 0.15) is 0 Å². The van der Waals surface area contributed by atoms with E-state index >= 15 is 0 Å². The van der Waals surface area contributed by atoms with Crippen molar-refractivity contribution >= 4 is 28.4 Å². The number of urea groups is 1. The Morgan fingerprint density at radius 1 is 1.00 bits per heavy atom. The molecule has 4 rings (SSSR count). The fourth-order valence-corrected chi connectivity index (χ4v) is 3.62. The quantitative estimate of drug-likeness (QED) is 0.749. The molecular formula is C19H18FN5OS. The number of aromatic nitrogens is 2. The summed E-state index contributed by atoms with van der Waals surface area (Å²) in [5, 5.41) is 3.73. The average Bonchev–Trinajstić information content (AvgIpc) is 3.20. The van der Waals surface area contributed by atoms with Crippen LogP contribution in [0.3, 0.4) is 0 Å². The number of para-hydroxylation sites is 1. The van der Waals surface area contributed by atoms with Crippen molar-refractivity contribution in [3.05, 3.63) is 60.4 Å². The third-order valence-corrected chi connectivity index (χ3v) is 5.16. The number of hydrogen-bond acceptors (Lipinski definition) is 5. The lowest BCUT2D eigenvalue weighted by Gasteiger charge is -2.34. The monoisotopic (exact) mass is 383 g/mol. The molecule has 6 nitrogen and oxygen atoms in total. The molecule has 2 amide bonds. The van der Waals surface area contributed by atoms with E-state index in [1.54, 1.807) is 17.0 Å². The van der Waals surface area contributed by atoms with Gasteiger partial charge < -0.3 is 15.1 Å². The molecule has 138 valence electrons. The highest BCUT2D eigenvalue weighted by Crippen LogP contribution is 2.25. The van der Waals surface area contributed by atoms with Gasteiger partial charge in [0.25, 0.3) is 0 Å². The highest BCUT2D eigenvalue weighted by Gasteiger charge is 2.23. The van der Waals surface area contributed by atoms with Gasteiger partial charge in [-0.3, -0.25) is 0 Å². The fourth-order valence-electron chi connectivity index (χ4n) is 2.88. The molecule has 1 saturated heterocycles. The largest absolute Gasteiger partial charge is 0.343 e. The third-order valence-electron chi connectivity index (χ3n) is 4.38. The number of rotatable bonds is 3. The average molecular weight is 383 g/mol. The van der Waals surface area contributed by atoms with Crippen molar-refractivity contribution in [2.75, 3.05) is 36.4 Å². The lowest BCUT2D eigenvalue weighted by molar-refractivity contribution is 0.208. The Morgan fingerprint density at radius 3 is 2.41 bits per heavy atom. The summed E-state index contributed by atoms with van der Waals surface area (Å²) in [6.07, 6.45) is 0. The van der Waals surface area contributed by atoms with E-state index in [-0.39, 0.29) is 11.8 Å². The number of piperazine rings is 1. The van der Waals surface area contributed by atoms with E-state index in [4.69, 9.17) is 0 Å². The van der Waals surface area contributed by atoms with Crippen LogP contribution in [0.2, 0.25) is 0 Å². The first-order valence-electron chi connectivity index (χ1n) is 8.64. The normalized spacial score (nSPS) is 14.3. The summed E-state index contributed by atoms with van der Waals surface area (Å²) in [5.74, 6) is 0.318. The van der Waals surface area contributed by atoms with Crippen molar-refractivity contribution in [1.29, 1.82) is 0 Å². The van der Waals surface area contributed by atoms with Crippen molar-refractivity contribution < 1.29 is 9.18 Å². The minimum absolute atomic E-state index is 0.0925. The summed E-state index contributed by atoms with van der Waals surface area (Å²) in [7, 11) is 0. The minimum Gasteiger partial charge on any atom is -0.343 e. The lowest BCUT2D eigenvalue weighted by Crippen LogP contribution is -2.50. The number of carbonyl (C=O) groups excluding carboxylic acids is 1. The van der Waals surface area contributed by atoms with E-state index in [1.807, 2.05) is 30.3 Å². The first-order chi connectivity index (χ1) is 13.2. The Kier molecular flexibility index (Phi) is 4.97. The van der Waals surface area contributed by atoms with Gasteiger partial charge in [-0.2, -0.15) is 9.36 Å². The van der Waals surface area contributed by atoms with Crippen LogP contribution in [-0.4, -0.2) is 46.5 Å². The maximum absolute atomic E-state index is 13.1. The van der Waals surface area contributed by atoms with Crippen molar-refractivity contribution in [1.82, 2.24) is 14.3 Å². The van der Waals surface area contributed by atoms with E-state index in [1.165, 1.54) is 23.7 Å². The van der Waals surface area contributed by atoms with Crippen molar-refractivity contribution in [2.24, 2.45) is 0 Å². The van der Waals surface area contributed by atoms with Crippen LogP contribution in [0, 0.1) is 5.82 Å². The number of hydrogen-bond donors (Lipinski definition) is 1. The summed E-state index contributed by atoms with van der Waals surface area (Å²) in [6.45, 7) is 2.62. The summed E-state index contributed by atoms with van der Waals surface area (Å²) in [4.78, 5) is 20.8. The van der Waals surface area contributed by atoms with Crippen LogP contribution in [-0.2, 0) is 0 Å². The molecule has 0 atom stereocenters. The summed E-state index contributed by atoms with van der Waals surface area (Å²) in [5.41, 5.74) is 1.58. The maximum atomic E-state index is 13.1. The summed E-state index contributed by atoms with van der Waals surface area (Å²) < 4.78 is 17.4. The summed E-state index contributed by atoms with van der Waals surface area (Å²) in [6, 6.07) is 15.5. The Bertz CT molecular complexity index is 907. The first-order valence-corrected chi connectivity index (χ1v) is 9.42. The second kappa shape index (κ2) is 7.71. The van der Waals surface area contributed by atoms with Crippen molar-refractivity contribution in [2.45, 2.75) is 0 Å². The minimum atomic E-state index is -0.279. The van der Waals surface area contributed by atoms with E-state index in [9.17, 15) is 9.18 Å². The Balaban J connectivity index is 1.35.